The van der Waals surface area contributed by atoms with Crippen molar-refractivity contribution in [3.63, 3.8) is 0 Å². The van der Waals surface area contributed by atoms with Gasteiger partial charge in [-0.15, -0.1) is 0 Å². The van der Waals surface area contributed by atoms with E-state index in [9.17, 15) is 40.2 Å². The lowest BCUT2D eigenvalue weighted by molar-refractivity contribution is 0.0941. The number of carbonyl (C=O) groups is 2. The van der Waals surface area contributed by atoms with Crippen molar-refractivity contribution >= 4 is 33.4 Å². The van der Waals surface area contributed by atoms with E-state index in [1.165, 1.54) is 0 Å². The molecule has 254 valence electrons. The van der Waals surface area contributed by atoms with Gasteiger partial charge in [-0.2, -0.15) is 0 Å². The molecule has 0 aromatic heterocycles. The molecule has 0 aliphatic heterocycles. The second kappa shape index (κ2) is 12.9. The van der Waals surface area contributed by atoms with E-state index in [4.69, 9.17) is 0 Å². The van der Waals surface area contributed by atoms with Gasteiger partial charge in [-0.1, -0.05) is 59.7 Å². The first kappa shape index (κ1) is 33.5. The van der Waals surface area contributed by atoms with Crippen LogP contribution in [-0.4, -0.2) is 42.5 Å². The molecule has 0 unspecified atom stereocenters. The normalized spacial score (nSPS) is 11.2. The predicted molar refractivity (Wildman–Crippen MR) is 191 cm³/mol. The lowest BCUT2D eigenvalue weighted by Crippen LogP contribution is -2.23. The maximum absolute atomic E-state index is 13.4. The van der Waals surface area contributed by atoms with Crippen molar-refractivity contribution in [3.8, 4) is 45.6 Å². The number of hydrogen-bond donors (Lipinski definition) is 8. The van der Waals surface area contributed by atoms with Crippen molar-refractivity contribution in [1.82, 2.24) is 10.6 Å². The van der Waals surface area contributed by atoms with Gasteiger partial charge in [0.1, 0.15) is 11.5 Å². The van der Waals surface area contributed by atoms with Gasteiger partial charge in [-0.3, -0.25) is 9.59 Å². The molecular formula is C40H36N2O8. The summed E-state index contributed by atoms with van der Waals surface area (Å²) in [6.07, 6.45) is 0. The summed E-state index contributed by atoms with van der Waals surface area (Å²) in [6, 6.07) is 20.5. The van der Waals surface area contributed by atoms with Crippen LogP contribution >= 0.6 is 0 Å². The first-order chi connectivity index (χ1) is 23.8. The largest absolute Gasteiger partial charge is 0.507 e. The maximum atomic E-state index is 13.4. The molecule has 6 aromatic rings. The molecule has 0 saturated carbocycles. The molecule has 0 aliphatic carbocycles. The van der Waals surface area contributed by atoms with Gasteiger partial charge in [0.2, 0.25) is 0 Å². The van der Waals surface area contributed by atoms with Gasteiger partial charge < -0.3 is 41.3 Å². The highest BCUT2D eigenvalue weighted by molar-refractivity contribution is 6.16. The van der Waals surface area contributed by atoms with Crippen LogP contribution in [0.4, 0.5) is 0 Å². The number of carbonyl (C=O) groups excluding carboxylic acids is 2. The van der Waals surface area contributed by atoms with Crippen LogP contribution < -0.4 is 10.6 Å². The van der Waals surface area contributed by atoms with Crippen LogP contribution in [0.5, 0.6) is 34.5 Å². The number of phenols is 6. The number of fused-ring (bicyclic) bond motifs is 2. The molecule has 6 aromatic carbocycles. The molecule has 0 aliphatic rings. The van der Waals surface area contributed by atoms with Crippen molar-refractivity contribution in [2.24, 2.45) is 0 Å². The molecule has 0 fully saturated rings. The average Bonchev–Trinajstić information content (AvgIpc) is 3.06. The third-order valence-corrected chi connectivity index (χ3v) is 8.91. The summed E-state index contributed by atoms with van der Waals surface area (Å²) < 4.78 is 0. The van der Waals surface area contributed by atoms with E-state index in [-0.39, 0.29) is 68.4 Å². The highest BCUT2D eigenvalue weighted by atomic mass is 16.3. The summed E-state index contributed by atoms with van der Waals surface area (Å²) in [6.45, 7) is 7.45. The van der Waals surface area contributed by atoms with E-state index in [0.29, 0.717) is 11.1 Å². The molecule has 6 rings (SSSR count). The molecule has 8 N–H and O–H groups in total. The quantitative estimate of drug-likeness (QED) is 0.0836. The number of hydrogen-bond acceptors (Lipinski definition) is 8. The Morgan fingerprint density at radius 3 is 1.24 bits per heavy atom. The Kier molecular flexibility index (Phi) is 8.63. The number of aromatic hydroxyl groups is 6. The lowest BCUT2D eigenvalue weighted by atomic mass is 9.87. The highest BCUT2D eigenvalue weighted by Gasteiger charge is 2.28. The molecule has 10 nitrogen and oxygen atoms in total. The standard InChI is InChI=1S/C40H36N2O8/c1-19-7-5-9-23(11-19)17-41-39(49)33-25-13-21(3)31(35(45)27(25)15-29(43)37(33)47)32-22(4)14-26-28(36(32)46)16-30(44)38(48)34(26)40(50)42-18-24-10-6-8-20(2)12-24/h5-16,43-48H,17-18H2,1-4H3,(H,41,49)(H,42,50). The summed E-state index contributed by atoms with van der Waals surface area (Å²) in [4.78, 5) is 26.9. The van der Waals surface area contributed by atoms with Crippen molar-refractivity contribution in [2.75, 3.05) is 0 Å². The fourth-order valence-corrected chi connectivity index (χ4v) is 6.53. The molecule has 0 heterocycles. The van der Waals surface area contributed by atoms with E-state index in [1.54, 1.807) is 26.0 Å². The molecule has 2 amide bonds. The Hall–Kier alpha value is -6.42. The molecule has 0 radical (unpaired) electrons. The predicted octanol–water partition coefficient (Wildman–Crippen LogP) is 6.99. The molecule has 0 saturated heterocycles. The summed E-state index contributed by atoms with van der Waals surface area (Å²) in [7, 11) is 0. The number of amides is 2. The third kappa shape index (κ3) is 5.92. The van der Waals surface area contributed by atoms with Crippen LogP contribution in [0.1, 0.15) is 54.1 Å². The fraction of sp³-hybridized carbons (Fsp3) is 0.150. The van der Waals surface area contributed by atoms with Crippen molar-refractivity contribution in [3.05, 3.63) is 117 Å². The smallest absolute Gasteiger partial charge is 0.256 e. The van der Waals surface area contributed by atoms with Gasteiger partial charge >= 0.3 is 0 Å². The minimum atomic E-state index is -0.676. The molecule has 0 spiro atoms. The molecular weight excluding hydrogens is 636 g/mol. The Morgan fingerprint density at radius 2 is 0.880 bits per heavy atom. The Labute approximate surface area is 287 Å². The van der Waals surface area contributed by atoms with Crippen LogP contribution in [-0.2, 0) is 13.1 Å². The second-order valence-electron chi connectivity index (χ2n) is 12.6. The minimum absolute atomic E-state index is 0.0327. The summed E-state index contributed by atoms with van der Waals surface area (Å²) in [5, 5.41) is 72.3. The molecule has 0 atom stereocenters. The molecule has 10 heteroatoms. The number of benzene rings is 6. The van der Waals surface area contributed by atoms with E-state index < -0.39 is 34.8 Å². The van der Waals surface area contributed by atoms with E-state index in [2.05, 4.69) is 10.6 Å². The lowest BCUT2D eigenvalue weighted by Gasteiger charge is -2.20. The van der Waals surface area contributed by atoms with Crippen molar-refractivity contribution in [1.29, 1.82) is 0 Å². The molecule has 50 heavy (non-hydrogen) atoms. The van der Waals surface area contributed by atoms with Gasteiger partial charge in [0.15, 0.2) is 23.0 Å². The van der Waals surface area contributed by atoms with Crippen molar-refractivity contribution in [2.45, 2.75) is 40.8 Å². The third-order valence-electron chi connectivity index (χ3n) is 8.91. The highest BCUT2D eigenvalue weighted by Crippen LogP contribution is 2.50. The zero-order chi connectivity index (χ0) is 36.0. The first-order valence-electron chi connectivity index (χ1n) is 15.9. The summed E-state index contributed by atoms with van der Waals surface area (Å²) >= 11 is 0. The van der Waals surface area contributed by atoms with Crippen LogP contribution in [0.3, 0.4) is 0 Å². The zero-order valence-corrected chi connectivity index (χ0v) is 27.8. The van der Waals surface area contributed by atoms with Gasteiger partial charge in [-0.25, -0.2) is 0 Å². The molecule has 0 bridgehead atoms. The fourth-order valence-electron chi connectivity index (χ4n) is 6.53. The van der Waals surface area contributed by atoms with Crippen LogP contribution in [0, 0.1) is 27.7 Å². The van der Waals surface area contributed by atoms with Crippen LogP contribution in [0.2, 0.25) is 0 Å². The van der Waals surface area contributed by atoms with E-state index in [0.717, 1.165) is 34.4 Å². The second-order valence-corrected chi connectivity index (χ2v) is 12.6. The monoisotopic (exact) mass is 672 g/mol. The summed E-state index contributed by atoms with van der Waals surface area (Å²) in [5.41, 5.74) is 4.33. The van der Waals surface area contributed by atoms with E-state index in [1.807, 2.05) is 62.4 Å². The van der Waals surface area contributed by atoms with E-state index >= 15 is 0 Å². The number of rotatable bonds is 7. The Bertz CT molecular complexity index is 2210. The first-order valence-corrected chi connectivity index (χ1v) is 15.9. The van der Waals surface area contributed by atoms with Crippen molar-refractivity contribution < 1.29 is 40.2 Å². The number of phenolic OH excluding ortho intramolecular Hbond substituents is 6. The maximum Gasteiger partial charge on any atom is 0.256 e. The van der Waals surface area contributed by atoms with Gasteiger partial charge in [0, 0.05) is 45.8 Å². The van der Waals surface area contributed by atoms with Gasteiger partial charge in [0.25, 0.3) is 11.8 Å². The summed E-state index contributed by atoms with van der Waals surface area (Å²) in [5.74, 6) is -4.71. The van der Waals surface area contributed by atoms with Crippen LogP contribution in [0.25, 0.3) is 32.7 Å². The Balaban J connectivity index is 1.45. The number of nitrogens with one attached hydrogen (secondary N) is 2. The SMILES string of the molecule is Cc1cccc(CNC(=O)c2c(O)c(O)cc3c(O)c(-c4c(C)cc5c(C(=O)NCc6cccc(C)c6)c(O)c(O)cc5c4O)c(C)cc23)c1. The Morgan fingerprint density at radius 1 is 0.500 bits per heavy atom. The van der Waals surface area contributed by atoms with Crippen LogP contribution in [0.15, 0.2) is 72.8 Å². The average molecular weight is 673 g/mol. The zero-order valence-electron chi connectivity index (χ0n) is 27.8. The topological polar surface area (TPSA) is 180 Å². The minimum Gasteiger partial charge on any atom is -0.507 e. The van der Waals surface area contributed by atoms with Gasteiger partial charge in [-0.05, 0) is 74.2 Å². The van der Waals surface area contributed by atoms with Gasteiger partial charge in [0.05, 0.1) is 11.1 Å². The number of aryl methyl sites for hydroxylation is 4.